The van der Waals surface area contributed by atoms with E-state index in [9.17, 15) is 9.18 Å². The number of nitrogens with one attached hydrogen (secondary N) is 1. The van der Waals surface area contributed by atoms with Gasteiger partial charge in [-0.1, -0.05) is 0 Å². The summed E-state index contributed by atoms with van der Waals surface area (Å²) in [6.45, 7) is 2.06. The van der Waals surface area contributed by atoms with Crippen LogP contribution in [0.2, 0.25) is 0 Å². The second kappa shape index (κ2) is 6.02. The van der Waals surface area contributed by atoms with E-state index in [0.29, 0.717) is 30.4 Å². The first-order valence-electron chi connectivity index (χ1n) is 6.50. The van der Waals surface area contributed by atoms with Gasteiger partial charge in [0.25, 0.3) is 0 Å². The fourth-order valence-electron chi connectivity index (χ4n) is 1.84. The number of rotatable bonds is 7. The van der Waals surface area contributed by atoms with Crippen LogP contribution in [0.4, 0.5) is 4.39 Å². The SMILES string of the molecule is Cc1cc(OCCC(NC2CC2)C(N)=O)ccc1F. The van der Waals surface area contributed by atoms with E-state index in [-0.39, 0.29) is 17.8 Å². The zero-order valence-electron chi connectivity index (χ0n) is 11.0. The monoisotopic (exact) mass is 266 g/mol. The molecule has 1 aromatic rings. The van der Waals surface area contributed by atoms with Crippen molar-refractivity contribution in [3.8, 4) is 5.75 Å². The first-order chi connectivity index (χ1) is 9.06. The fourth-order valence-corrected chi connectivity index (χ4v) is 1.84. The van der Waals surface area contributed by atoms with Gasteiger partial charge in [-0.05, 0) is 43.5 Å². The summed E-state index contributed by atoms with van der Waals surface area (Å²) in [5, 5.41) is 3.18. The Hall–Kier alpha value is -1.62. The molecule has 3 N–H and O–H groups in total. The van der Waals surface area contributed by atoms with Gasteiger partial charge in [0.2, 0.25) is 5.91 Å². The topological polar surface area (TPSA) is 64.3 Å². The third-order valence-electron chi connectivity index (χ3n) is 3.16. The van der Waals surface area contributed by atoms with Crippen LogP contribution in [0.5, 0.6) is 5.75 Å². The molecular weight excluding hydrogens is 247 g/mol. The van der Waals surface area contributed by atoms with E-state index in [1.165, 1.54) is 6.07 Å². The van der Waals surface area contributed by atoms with Gasteiger partial charge in [0.15, 0.2) is 0 Å². The third-order valence-corrected chi connectivity index (χ3v) is 3.16. The summed E-state index contributed by atoms with van der Waals surface area (Å²) in [5.41, 5.74) is 5.87. The molecule has 4 nitrogen and oxygen atoms in total. The quantitative estimate of drug-likeness (QED) is 0.786. The van der Waals surface area contributed by atoms with Crippen molar-refractivity contribution in [2.45, 2.75) is 38.3 Å². The van der Waals surface area contributed by atoms with Crippen LogP contribution in [0.3, 0.4) is 0 Å². The van der Waals surface area contributed by atoms with E-state index in [1.54, 1.807) is 19.1 Å². The lowest BCUT2D eigenvalue weighted by Gasteiger charge is -2.15. The van der Waals surface area contributed by atoms with Crippen LogP contribution < -0.4 is 15.8 Å². The summed E-state index contributed by atoms with van der Waals surface area (Å²) in [7, 11) is 0. The van der Waals surface area contributed by atoms with Crippen LogP contribution in [0, 0.1) is 12.7 Å². The zero-order valence-corrected chi connectivity index (χ0v) is 11.0. The van der Waals surface area contributed by atoms with Gasteiger partial charge in [0.1, 0.15) is 11.6 Å². The molecule has 1 aliphatic rings. The molecule has 1 atom stereocenters. The third kappa shape index (κ3) is 4.21. The standard InChI is InChI=1S/C14H19FN2O2/c1-9-8-11(4-5-12(9)15)19-7-6-13(14(16)18)17-10-2-3-10/h4-5,8,10,13,17H,2-3,6-7H2,1H3,(H2,16,18). The molecule has 0 radical (unpaired) electrons. The molecule has 1 fully saturated rings. The molecule has 1 aromatic carbocycles. The molecule has 5 heteroatoms. The highest BCUT2D eigenvalue weighted by Gasteiger charge is 2.26. The number of primary amides is 1. The van der Waals surface area contributed by atoms with Crippen molar-refractivity contribution in [3.63, 3.8) is 0 Å². The molecule has 1 unspecified atom stereocenters. The molecule has 0 aromatic heterocycles. The average molecular weight is 266 g/mol. The van der Waals surface area contributed by atoms with Crippen molar-refractivity contribution in [1.82, 2.24) is 5.32 Å². The minimum atomic E-state index is -0.356. The molecular formula is C14H19FN2O2. The first-order valence-corrected chi connectivity index (χ1v) is 6.50. The second-order valence-corrected chi connectivity index (χ2v) is 4.94. The molecule has 2 rings (SSSR count). The Labute approximate surface area is 112 Å². The number of halogens is 1. The lowest BCUT2D eigenvalue weighted by atomic mass is 10.2. The number of aryl methyl sites for hydroxylation is 1. The van der Waals surface area contributed by atoms with E-state index < -0.39 is 0 Å². The molecule has 104 valence electrons. The second-order valence-electron chi connectivity index (χ2n) is 4.94. The summed E-state index contributed by atoms with van der Waals surface area (Å²) >= 11 is 0. The number of benzene rings is 1. The molecule has 0 heterocycles. The van der Waals surface area contributed by atoms with Crippen molar-refractivity contribution in [2.75, 3.05) is 6.61 Å². The van der Waals surface area contributed by atoms with Gasteiger partial charge >= 0.3 is 0 Å². The number of hydrogen-bond donors (Lipinski definition) is 2. The van der Waals surface area contributed by atoms with Crippen molar-refractivity contribution in [1.29, 1.82) is 0 Å². The summed E-state index contributed by atoms with van der Waals surface area (Å²) in [5.74, 6) is -0.00269. The fraction of sp³-hybridized carbons (Fsp3) is 0.500. The Morgan fingerprint density at radius 3 is 2.89 bits per heavy atom. The lowest BCUT2D eigenvalue weighted by Crippen LogP contribution is -2.43. The van der Waals surface area contributed by atoms with Crippen LogP contribution in [-0.4, -0.2) is 24.6 Å². The van der Waals surface area contributed by atoms with E-state index in [4.69, 9.17) is 10.5 Å². The van der Waals surface area contributed by atoms with Gasteiger partial charge in [-0.2, -0.15) is 0 Å². The molecule has 1 saturated carbocycles. The number of hydrogen-bond acceptors (Lipinski definition) is 3. The van der Waals surface area contributed by atoms with Gasteiger partial charge in [-0.25, -0.2) is 4.39 Å². The normalized spacial score (nSPS) is 16.1. The van der Waals surface area contributed by atoms with E-state index in [0.717, 1.165) is 12.8 Å². The Morgan fingerprint density at radius 2 is 2.32 bits per heavy atom. The maximum absolute atomic E-state index is 13.1. The average Bonchev–Trinajstić information content (AvgIpc) is 3.16. The number of nitrogens with two attached hydrogens (primary N) is 1. The molecule has 1 aliphatic carbocycles. The number of carbonyl (C=O) groups is 1. The molecule has 0 bridgehead atoms. The van der Waals surface area contributed by atoms with Gasteiger partial charge < -0.3 is 15.8 Å². The minimum absolute atomic E-state index is 0.252. The first kappa shape index (κ1) is 13.8. The summed E-state index contributed by atoms with van der Waals surface area (Å²) in [4.78, 5) is 11.3. The number of ether oxygens (including phenoxy) is 1. The van der Waals surface area contributed by atoms with Crippen LogP contribution in [-0.2, 0) is 4.79 Å². The maximum Gasteiger partial charge on any atom is 0.234 e. The largest absolute Gasteiger partial charge is 0.494 e. The zero-order chi connectivity index (χ0) is 13.8. The van der Waals surface area contributed by atoms with Gasteiger partial charge in [0.05, 0.1) is 12.6 Å². The lowest BCUT2D eigenvalue weighted by molar-refractivity contribution is -0.120. The van der Waals surface area contributed by atoms with Crippen LogP contribution in [0.15, 0.2) is 18.2 Å². The number of carbonyl (C=O) groups excluding carboxylic acids is 1. The van der Waals surface area contributed by atoms with E-state index >= 15 is 0 Å². The van der Waals surface area contributed by atoms with Gasteiger partial charge in [-0.3, -0.25) is 4.79 Å². The molecule has 19 heavy (non-hydrogen) atoms. The number of amides is 1. The summed E-state index contributed by atoms with van der Waals surface area (Å²) in [6, 6.07) is 4.66. The van der Waals surface area contributed by atoms with E-state index in [1.807, 2.05) is 0 Å². The van der Waals surface area contributed by atoms with Crippen LogP contribution in [0.25, 0.3) is 0 Å². The van der Waals surface area contributed by atoms with Crippen molar-refractivity contribution >= 4 is 5.91 Å². The summed E-state index contributed by atoms with van der Waals surface area (Å²) in [6.07, 6.45) is 2.71. The van der Waals surface area contributed by atoms with Crippen molar-refractivity contribution in [3.05, 3.63) is 29.6 Å². The Bertz CT molecular complexity index is 461. The molecule has 0 spiro atoms. The van der Waals surface area contributed by atoms with Crippen molar-refractivity contribution in [2.24, 2.45) is 5.73 Å². The minimum Gasteiger partial charge on any atom is -0.494 e. The summed E-state index contributed by atoms with van der Waals surface area (Å²) < 4.78 is 18.6. The van der Waals surface area contributed by atoms with Gasteiger partial charge in [-0.15, -0.1) is 0 Å². The Kier molecular flexibility index (Phi) is 4.37. The smallest absolute Gasteiger partial charge is 0.234 e. The van der Waals surface area contributed by atoms with Crippen LogP contribution >= 0.6 is 0 Å². The molecule has 0 saturated heterocycles. The maximum atomic E-state index is 13.1. The van der Waals surface area contributed by atoms with Gasteiger partial charge in [0, 0.05) is 12.5 Å². The highest BCUT2D eigenvalue weighted by atomic mass is 19.1. The van der Waals surface area contributed by atoms with E-state index in [2.05, 4.69) is 5.32 Å². The molecule has 1 amide bonds. The Balaban J connectivity index is 1.80. The predicted molar refractivity (Wildman–Crippen MR) is 70.4 cm³/mol. The molecule has 0 aliphatic heterocycles. The predicted octanol–water partition coefficient (Wildman–Crippen LogP) is 1.51. The van der Waals surface area contributed by atoms with Crippen LogP contribution in [0.1, 0.15) is 24.8 Å². The van der Waals surface area contributed by atoms with Crippen molar-refractivity contribution < 1.29 is 13.9 Å². The highest BCUT2D eigenvalue weighted by molar-refractivity contribution is 5.79. The highest BCUT2D eigenvalue weighted by Crippen LogP contribution is 2.20. The Morgan fingerprint density at radius 1 is 1.58 bits per heavy atom.